The van der Waals surface area contributed by atoms with Gasteiger partial charge in [0, 0.05) is 4.88 Å². The number of anilines is 1. The molecular weight excluding hydrogens is 457 g/mol. The number of H-pyrrole nitrogens is 1. The monoisotopic (exact) mass is 468 g/mol. The summed E-state index contributed by atoms with van der Waals surface area (Å²) in [6.45, 7) is 0. The van der Waals surface area contributed by atoms with E-state index in [1.54, 1.807) is 12.1 Å². The van der Waals surface area contributed by atoms with E-state index in [2.05, 4.69) is 4.98 Å². The van der Waals surface area contributed by atoms with E-state index in [0.29, 0.717) is 14.7 Å². The minimum atomic E-state index is -4.58. The van der Waals surface area contributed by atoms with Crippen molar-refractivity contribution in [3.63, 3.8) is 0 Å². The molecule has 3 aromatic rings. The molecule has 0 saturated carbocycles. The largest absolute Gasteiger partial charge is 0.469 e. The average Bonchev–Trinajstić information content (AvgIpc) is 3.39. The fourth-order valence-electron chi connectivity index (χ4n) is 3.87. The van der Waals surface area contributed by atoms with Crippen LogP contribution in [0.15, 0.2) is 52.1 Å². The number of benzene rings is 1. The van der Waals surface area contributed by atoms with Crippen molar-refractivity contribution in [1.82, 2.24) is 4.98 Å². The molecule has 5 rings (SSSR count). The Bertz CT molecular complexity index is 1220. The predicted molar refractivity (Wildman–Crippen MR) is 107 cm³/mol. The van der Waals surface area contributed by atoms with Crippen LogP contribution in [0, 0.1) is 9.87 Å². The SMILES string of the molecule is O=C1C2Sc3[nH]c(=S)sc3C(c3ccco3)C2C(=O)N1c1cccc(C(F)(F)F)c1. The molecular formula is C19H11F3N2O3S3. The van der Waals surface area contributed by atoms with E-state index in [9.17, 15) is 22.8 Å². The van der Waals surface area contributed by atoms with Gasteiger partial charge in [0.2, 0.25) is 11.8 Å². The first-order valence-electron chi connectivity index (χ1n) is 8.74. The number of aromatic nitrogens is 1. The first-order valence-corrected chi connectivity index (χ1v) is 10.8. The lowest BCUT2D eigenvalue weighted by molar-refractivity contribution is -0.137. The molecule has 154 valence electrons. The first-order chi connectivity index (χ1) is 14.3. The Morgan fingerprint density at radius 2 is 1.93 bits per heavy atom. The quantitative estimate of drug-likeness (QED) is 0.413. The third-order valence-electron chi connectivity index (χ3n) is 5.11. The Labute approximate surface area is 180 Å². The number of furan rings is 1. The molecule has 0 aliphatic carbocycles. The predicted octanol–water partition coefficient (Wildman–Crippen LogP) is 5.21. The molecule has 3 atom stereocenters. The van der Waals surface area contributed by atoms with Crippen molar-refractivity contribution < 1.29 is 27.2 Å². The van der Waals surface area contributed by atoms with Gasteiger partial charge in [-0.15, -0.1) is 11.3 Å². The molecule has 2 aromatic heterocycles. The maximum Gasteiger partial charge on any atom is 0.416 e. The third-order valence-corrected chi connectivity index (χ3v) is 7.86. The maximum atomic E-state index is 13.4. The van der Waals surface area contributed by atoms with Crippen molar-refractivity contribution in [3.8, 4) is 0 Å². The molecule has 0 bridgehead atoms. The lowest BCUT2D eigenvalue weighted by Crippen LogP contribution is -2.32. The van der Waals surface area contributed by atoms with Crippen LogP contribution in [-0.2, 0) is 15.8 Å². The molecule has 0 spiro atoms. The summed E-state index contributed by atoms with van der Waals surface area (Å²) in [6.07, 6.45) is -3.11. The Morgan fingerprint density at radius 1 is 1.13 bits per heavy atom. The zero-order valence-corrected chi connectivity index (χ0v) is 17.3. The molecule has 0 radical (unpaired) electrons. The fourth-order valence-corrected chi connectivity index (χ4v) is 6.81. The van der Waals surface area contributed by atoms with E-state index in [1.807, 2.05) is 0 Å². The molecule has 5 nitrogen and oxygen atoms in total. The van der Waals surface area contributed by atoms with E-state index in [-0.39, 0.29) is 5.69 Å². The van der Waals surface area contributed by atoms with E-state index in [0.717, 1.165) is 21.9 Å². The Kier molecular flexibility index (Phi) is 4.46. The lowest BCUT2D eigenvalue weighted by Gasteiger charge is -2.27. The molecule has 1 fully saturated rings. The van der Waals surface area contributed by atoms with Crippen molar-refractivity contribution >= 4 is 52.8 Å². The number of nitrogens with zero attached hydrogens (tertiary/aromatic N) is 1. The van der Waals surface area contributed by atoms with Crippen molar-refractivity contribution in [2.24, 2.45) is 5.92 Å². The van der Waals surface area contributed by atoms with Gasteiger partial charge in [-0.25, -0.2) is 4.90 Å². The molecule has 4 heterocycles. The molecule has 2 aliphatic heterocycles. The van der Waals surface area contributed by atoms with Crippen LogP contribution in [0.5, 0.6) is 0 Å². The van der Waals surface area contributed by atoms with Gasteiger partial charge in [-0.05, 0) is 42.5 Å². The van der Waals surface area contributed by atoms with Gasteiger partial charge in [-0.1, -0.05) is 17.8 Å². The molecule has 2 aliphatic rings. The van der Waals surface area contributed by atoms with Crippen molar-refractivity contribution in [2.75, 3.05) is 4.90 Å². The topological polar surface area (TPSA) is 66.3 Å². The second kappa shape index (κ2) is 6.82. The molecule has 30 heavy (non-hydrogen) atoms. The van der Waals surface area contributed by atoms with Gasteiger partial charge in [-0.2, -0.15) is 13.2 Å². The number of hydrogen-bond donors (Lipinski definition) is 1. The zero-order valence-electron chi connectivity index (χ0n) is 14.8. The van der Waals surface area contributed by atoms with Crippen molar-refractivity contribution in [3.05, 3.63) is 62.8 Å². The second-order valence-corrected chi connectivity index (χ2v) is 9.70. The van der Waals surface area contributed by atoms with Crippen LogP contribution in [0.25, 0.3) is 0 Å². The number of hydrogen-bond acceptors (Lipinski definition) is 6. The summed E-state index contributed by atoms with van der Waals surface area (Å²) in [7, 11) is 0. The second-order valence-electron chi connectivity index (χ2n) is 6.83. The van der Waals surface area contributed by atoms with Gasteiger partial charge in [0.15, 0.2) is 3.95 Å². The summed E-state index contributed by atoms with van der Waals surface area (Å²) in [5.41, 5.74) is -1.02. The van der Waals surface area contributed by atoms with Gasteiger partial charge in [0.1, 0.15) is 11.0 Å². The highest BCUT2D eigenvalue weighted by Gasteiger charge is 2.57. The van der Waals surface area contributed by atoms with Crippen molar-refractivity contribution in [2.45, 2.75) is 22.4 Å². The maximum absolute atomic E-state index is 13.4. The summed E-state index contributed by atoms with van der Waals surface area (Å²) < 4.78 is 45.5. The minimum absolute atomic E-state index is 0.0932. The number of aromatic amines is 1. The normalized spacial score (nSPS) is 23.6. The van der Waals surface area contributed by atoms with Gasteiger partial charge in [0.05, 0.1) is 34.4 Å². The number of nitrogens with one attached hydrogen (secondary N) is 1. The molecule has 1 saturated heterocycles. The number of alkyl halides is 3. The van der Waals surface area contributed by atoms with Gasteiger partial charge < -0.3 is 9.40 Å². The number of imide groups is 1. The van der Waals surface area contributed by atoms with Gasteiger partial charge in [0.25, 0.3) is 0 Å². The smallest absolute Gasteiger partial charge is 0.416 e. The van der Waals surface area contributed by atoms with E-state index in [1.165, 1.54) is 41.5 Å². The number of rotatable bonds is 2. The standard InChI is InChI=1S/C19H11F3N2O3S3/c20-19(21,22)8-3-1-4-9(7-8)24-16(25)12-11(10-5-2-6-27-10)13-15(23-18(28)30-13)29-14(12)17(24)26/h1-7,11-12,14H,(H,23,28). The van der Waals surface area contributed by atoms with Crippen molar-refractivity contribution in [1.29, 1.82) is 0 Å². The zero-order chi connectivity index (χ0) is 21.2. The van der Waals surface area contributed by atoms with Crippen LogP contribution in [0.4, 0.5) is 18.9 Å². The first kappa shape index (κ1) is 19.6. The minimum Gasteiger partial charge on any atom is -0.469 e. The van der Waals surface area contributed by atoms with Crippen LogP contribution < -0.4 is 4.90 Å². The Hall–Kier alpha value is -2.37. The summed E-state index contributed by atoms with van der Waals surface area (Å²) >= 11 is 7.72. The van der Waals surface area contributed by atoms with Crippen LogP contribution in [0.2, 0.25) is 0 Å². The average molecular weight is 469 g/mol. The van der Waals surface area contributed by atoms with E-state index < -0.39 is 40.6 Å². The number of fused-ring (bicyclic) bond motifs is 2. The summed E-state index contributed by atoms with van der Waals surface area (Å²) in [5, 5.41) is -0.116. The fraction of sp³-hybridized carbons (Fsp3) is 0.211. The number of thioether (sulfide) groups is 1. The molecule has 3 unspecified atom stereocenters. The Balaban J connectivity index is 1.62. The molecule has 2 amide bonds. The van der Waals surface area contributed by atoms with Crippen LogP contribution >= 0.6 is 35.3 Å². The molecule has 11 heteroatoms. The Morgan fingerprint density at radius 3 is 2.63 bits per heavy atom. The number of halogens is 3. The van der Waals surface area contributed by atoms with Crippen LogP contribution in [0.1, 0.15) is 22.1 Å². The summed E-state index contributed by atoms with van der Waals surface area (Å²) in [5.74, 6) is -1.96. The van der Waals surface area contributed by atoms with E-state index in [4.69, 9.17) is 16.6 Å². The summed E-state index contributed by atoms with van der Waals surface area (Å²) in [4.78, 5) is 31.2. The lowest BCUT2D eigenvalue weighted by atomic mass is 9.87. The van der Waals surface area contributed by atoms with Crippen LogP contribution in [-0.4, -0.2) is 22.0 Å². The number of amides is 2. The highest BCUT2D eigenvalue weighted by atomic mass is 32.2. The van der Waals surface area contributed by atoms with Gasteiger partial charge >= 0.3 is 6.18 Å². The van der Waals surface area contributed by atoms with E-state index >= 15 is 0 Å². The van der Waals surface area contributed by atoms with Gasteiger partial charge in [-0.3, -0.25) is 9.59 Å². The molecule has 1 N–H and O–H groups in total. The van der Waals surface area contributed by atoms with Crippen LogP contribution in [0.3, 0.4) is 0 Å². The third kappa shape index (κ3) is 2.95. The number of carbonyl (C=O) groups is 2. The molecule has 1 aromatic carbocycles. The highest BCUT2D eigenvalue weighted by Crippen LogP contribution is 2.54. The number of carbonyl (C=O) groups excluding carboxylic acids is 2. The highest BCUT2D eigenvalue weighted by molar-refractivity contribution is 8.01. The number of thiazole rings is 1. The summed E-state index contributed by atoms with van der Waals surface area (Å²) in [6, 6.07) is 7.64.